The summed E-state index contributed by atoms with van der Waals surface area (Å²) in [6.07, 6.45) is 4.88. The minimum atomic E-state index is -1.64. The smallest absolute Gasteiger partial charge is 0.337 e. The lowest BCUT2D eigenvalue weighted by molar-refractivity contribution is -0.188. The summed E-state index contributed by atoms with van der Waals surface area (Å²) in [6.45, 7) is 9.90. The molecule has 3 aliphatic heterocycles. The van der Waals surface area contributed by atoms with Gasteiger partial charge in [-0.05, 0) is 38.5 Å². The van der Waals surface area contributed by atoms with E-state index in [9.17, 15) is 19.5 Å². The van der Waals surface area contributed by atoms with Gasteiger partial charge in [-0.3, -0.25) is 4.79 Å². The number of fused-ring (bicyclic) bond motifs is 3. The van der Waals surface area contributed by atoms with Crippen molar-refractivity contribution in [3.63, 3.8) is 0 Å². The molecule has 3 aliphatic rings. The standard InChI is InChI=1S/C22H26O8/c1-6-15(11-27-14(4)23)20(25)29-17-10-21(5)7-8-22(26,30-21)12(2)9-16-18(17)13(3)19(24)28-16/h6-9,16-18,26H,3,10-11H2,1-2,4-5H3/b12-9-,15-6-. The van der Waals surface area contributed by atoms with Crippen molar-refractivity contribution in [1.82, 2.24) is 0 Å². The van der Waals surface area contributed by atoms with Crippen LogP contribution in [0.15, 0.2) is 47.6 Å². The van der Waals surface area contributed by atoms with Gasteiger partial charge in [-0.2, -0.15) is 0 Å². The van der Waals surface area contributed by atoms with E-state index in [4.69, 9.17) is 18.9 Å². The Morgan fingerprint density at radius 2 is 2.10 bits per heavy atom. The van der Waals surface area contributed by atoms with E-state index in [-0.39, 0.29) is 24.2 Å². The third-order valence-corrected chi connectivity index (χ3v) is 5.60. The first-order valence-electron chi connectivity index (χ1n) is 9.69. The molecule has 3 rings (SSSR count). The van der Waals surface area contributed by atoms with Gasteiger partial charge < -0.3 is 24.1 Å². The quantitative estimate of drug-likeness (QED) is 0.319. The van der Waals surface area contributed by atoms with Crippen LogP contribution in [-0.2, 0) is 33.3 Å². The Balaban J connectivity index is 1.94. The van der Waals surface area contributed by atoms with Crippen LogP contribution in [0, 0.1) is 5.92 Å². The van der Waals surface area contributed by atoms with Crippen LogP contribution >= 0.6 is 0 Å². The first-order chi connectivity index (χ1) is 14.0. The molecule has 5 unspecified atom stereocenters. The second-order valence-corrected chi connectivity index (χ2v) is 7.96. The molecule has 3 heterocycles. The van der Waals surface area contributed by atoms with Gasteiger partial charge in [-0.25, -0.2) is 9.59 Å². The van der Waals surface area contributed by atoms with Gasteiger partial charge in [-0.15, -0.1) is 0 Å². The van der Waals surface area contributed by atoms with E-state index in [0.717, 1.165) is 0 Å². The molecule has 1 fully saturated rings. The number of rotatable bonds is 4. The maximum absolute atomic E-state index is 12.8. The van der Waals surface area contributed by atoms with Crippen LogP contribution in [0.5, 0.6) is 0 Å². The monoisotopic (exact) mass is 418 g/mol. The molecular weight excluding hydrogens is 392 g/mol. The Labute approximate surface area is 174 Å². The number of aliphatic hydroxyl groups is 1. The Bertz CT molecular complexity index is 882. The van der Waals surface area contributed by atoms with E-state index in [0.29, 0.717) is 5.57 Å². The Kier molecular flexibility index (Phi) is 5.75. The topological polar surface area (TPSA) is 108 Å². The largest absolute Gasteiger partial charge is 0.461 e. The van der Waals surface area contributed by atoms with Crippen LogP contribution in [0.1, 0.15) is 34.1 Å². The van der Waals surface area contributed by atoms with Gasteiger partial charge in [0.25, 0.3) is 0 Å². The molecule has 8 heteroatoms. The Morgan fingerprint density at radius 3 is 2.73 bits per heavy atom. The normalized spacial score (nSPS) is 37.3. The number of hydrogen-bond acceptors (Lipinski definition) is 8. The maximum atomic E-state index is 12.8. The highest BCUT2D eigenvalue weighted by molar-refractivity contribution is 5.92. The van der Waals surface area contributed by atoms with E-state index >= 15 is 0 Å². The molecule has 0 aliphatic carbocycles. The van der Waals surface area contributed by atoms with Crippen LogP contribution in [0.25, 0.3) is 0 Å². The predicted molar refractivity (Wildman–Crippen MR) is 105 cm³/mol. The van der Waals surface area contributed by atoms with E-state index in [1.807, 2.05) is 0 Å². The molecule has 30 heavy (non-hydrogen) atoms. The van der Waals surface area contributed by atoms with E-state index in [1.165, 1.54) is 19.1 Å². The number of esters is 3. The summed E-state index contributed by atoms with van der Waals surface area (Å²) in [7, 11) is 0. The molecule has 0 aromatic carbocycles. The second kappa shape index (κ2) is 7.85. The lowest BCUT2D eigenvalue weighted by atomic mass is 9.83. The van der Waals surface area contributed by atoms with E-state index in [2.05, 4.69) is 6.58 Å². The summed E-state index contributed by atoms with van der Waals surface area (Å²) in [5.41, 5.74) is -0.160. The van der Waals surface area contributed by atoms with Crippen LogP contribution in [0.4, 0.5) is 0 Å². The van der Waals surface area contributed by atoms with Crippen molar-refractivity contribution in [2.24, 2.45) is 5.92 Å². The van der Waals surface area contributed by atoms with E-state index < -0.39 is 47.4 Å². The van der Waals surface area contributed by atoms with Crippen molar-refractivity contribution in [3.05, 3.63) is 47.6 Å². The number of ether oxygens (including phenoxy) is 4. The van der Waals surface area contributed by atoms with Gasteiger partial charge in [0.1, 0.15) is 18.8 Å². The summed E-state index contributed by atoms with van der Waals surface area (Å²) in [5.74, 6) is -4.08. The van der Waals surface area contributed by atoms with Gasteiger partial charge in [0.15, 0.2) is 0 Å². The number of allylic oxidation sites excluding steroid dienone is 1. The van der Waals surface area contributed by atoms with Crippen molar-refractivity contribution < 1.29 is 38.4 Å². The van der Waals surface area contributed by atoms with Crippen molar-refractivity contribution in [3.8, 4) is 0 Å². The molecule has 0 aromatic heterocycles. The Hall–Kier alpha value is -2.71. The minimum absolute atomic E-state index is 0.153. The van der Waals surface area contributed by atoms with Gasteiger partial charge in [0.05, 0.1) is 17.1 Å². The average molecular weight is 418 g/mol. The lowest BCUT2D eigenvalue weighted by Gasteiger charge is -2.33. The summed E-state index contributed by atoms with van der Waals surface area (Å²) in [4.78, 5) is 36.1. The predicted octanol–water partition coefficient (Wildman–Crippen LogP) is 1.89. The van der Waals surface area contributed by atoms with E-state index in [1.54, 1.807) is 32.9 Å². The first kappa shape index (κ1) is 22.0. The minimum Gasteiger partial charge on any atom is -0.461 e. The average Bonchev–Trinajstić information content (AvgIpc) is 3.11. The molecule has 2 bridgehead atoms. The highest BCUT2D eigenvalue weighted by atomic mass is 16.6. The lowest BCUT2D eigenvalue weighted by Crippen LogP contribution is -2.41. The van der Waals surface area contributed by atoms with Crippen molar-refractivity contribution in [2.75, 3.05) is 6.61 Å². The first-order valence-corrected chi connectivity index (χ1v) is 9.69. The van der Waals surface area contributed by atoms with Crippen LogP contribution in [-0.4, -0.2) is 53.2 Å². The fraction of sp³-hybridized carbons (Fsp3) is 0.500. The molecular formula is C22H26O8. The number of hydrogen-bond donors (Lipinski definition) is 1. The van der Waals surface area contributed by atoms with Gasteiger partial charge in [0, 0.05) is 18.9 Å². The van der Waals surface area contributed by atoms with Crippen LogP contribution in [0.2, 0.25) is 0 Å². The second-order valence-electron chi connectivity index (χ2n) is 7.96. The molecule has 162 valence electrons. The zero-order valence-corrected chi connectivity index (χ0v) is 17.5. The summed E-state index contributed by atoms with van der Waals surface area (Å²) in [6, 6.07) is 0. The van der Waals surface area contributed by atoms with Crippen LogP contribution < -0.4 is 0 Å². The molecule has 0 saturated carbocycles. The van der Waals surface area contributed by atoms with Gasteiger partial charge in [0.2, 0.25) is 5.79 Å². The molecule has 0 aromatic rings. The summed E-state index contributed by atoms with van der Waals surface area (Å²) in [5, 5.41) is 10.8. The van der Waals surface area contributed by atoms with Crippen molar-refractivity contribution >= 4 is 17.9 Å². The molecule has 1 saturated heterocycles. The summed E-state index contributed by atoms with van der Waals surface area (Å²) >= 11 is 0. The maximum Gasteiger partial charge on any atom is 0.337 e. The number of carbonyl (C=O) groups is 3. The highest BCUT2D eigenvalue weighted by Crippen LogP contribution is 2.44. The van der Waals surface area contributed by atoms with Crippen molar-refractivity contribution in [2.45, 2.75) is 57.7 Å². The molecule has 5 atom stereocenters. The van der Waals surface area contributed by atoms with Crippen molar-refractivity contribution in [1.29, 1.82) is 0 Å². The molecule has 8 nitrogen and oxygen atoms in total. The number of carbonyl (C=O) groups excluding carboxylic acids is 3. The third kappa shape index (κ3) is 4.11. The molecule has 0 spiro atoms. The summed E-state index contributed by atoms with van der Waals surface area (Å²) < 4.78 is 22.0. The third-order valence-electron chi connectivity index (χ3n) is 5.60. The molecule has 0 amide bonds. The Morgan fingerprint density at radius 1 is 1.40 bits per heavy atom. The highest BCUT2D eigenvalue weighted by Gasteiger charge is 2.52. The zero-order valence-electron chi connectivity index (χ0n) is 17.5. The fourth-order valence-corrected chi connectivity index (χ4v) is 3.87. The molecule has 0 radical (unpaired) electrons. The SMILES string of the molecule is C=C1C(=O)OC2/C=C(/C)C3(O)C=CC(C)(CC(OC(=O)/C(=C\C)COC(C)=O)C12)O3. The van der Waals surface area contributed by atoms with Crippen LogP contribution in [0.3, 0.4) is 0 Å². The van der Waals surface area contributed by atoms with Gasteiger partial charge >= 0.3 is 17.9 Å². The zero-order chi connectivity index (χ0) is 22.3. The molecule has 1 N–H and O–H groups in total. The van der Waals surface area contributed by atoms with Gasteiger partial charge in [-0.1, -0.05) is 18.7 Å². The fourth-order valence-electron chi connectivity index (χ4n) is 3.87.